The van der Waals surface area contributed by atoms with Crippen LogP contribution >= 0.6 is 0 Å². The van der Waals surface area contributed by atoms with Gasteiger partial charge in [-0.15, -0.1) is 0 Å². The second-order valence-electron chi connectivity index (χ2n) is 6.62. The molecule has 1 saturated heterocycles. The van der Waals surface area contributed by atoms with Gasteiger partial charge < -0.3 is 19.5 Å². The third kappa shape index (κ3) is 4.22. The molecule has 0 aliphatic carbocycles. The van der Waals surface area contributed by atoms with Gasteiger partial charge in [-0.05, 0) is 41.8 Å². The number of ether oxygens (including phenoxy) is 2. The molecule has 3 rings (SSSR count). The first kappa shape index (κ1) is 18.8. The Morgan fingerprint density at radius 1 is 1.11 bits per heavy atom. The van der Waals surface area contributed by atoms with E-state index in [0.717, 1.165) is 17.5 Å². The van der Waals surface area contributed by atoms with Gasteiger partial charge in [0.05, 0.1) is 26.2 Å². The molecule has 1 N–H and O–H groups in total. The Hall–Kier alpha value is -3.02. The third-order valence-electron chi connectivity index (χ3n) is 4.95. The number of carbonyl (C=O) groups excluding carboxylic acids is 1. The molecule has 0 bridgehead atoms. The van der Waals surface area contributed by atoms with E-state index < -0.39 is 5.97 Å². The maximum Gasteiger partial charge on any atom is 0.335 e. The molecule has 1 atom stereocenters. The minimum Gasteiger partial charge on any atom is -0.493 e. The Morgan fingerprint density at radius 2 is 1.89 bits per heavy atom. The molecule has 1 aliphatic rings. The molecule has 1 heterocycles. The van der Waals surface area contributed by atoms with E-state index in [2.05, 4.69) is 0 Å². The van der Waals surface area contributed by atoms with Gasteiger partial charge in [-0.2, -0.15) is 0 Å². The van der Waals surface area contributed by atoms with E-state index in [1.165, 1.54) is 6.07 Å². The summed E-state index contributed by atoms with van der Waals surface area (Å²) < 4.78 is 10.6. The van der Waals surface area contributed by atoms with Crippen LogP contribution in [-0.2, 0) is 11.2 Å². The molecule has 142 valence electrons. The lowest BCUT2D eigenvalue weighted by Crippen LogP contribution is -2.29. The van der Waals surface area contributed by atoms with Gasteiger partial charge in [0.25, 0.3) is 0 Å². The predicted molar refractivity (Wildman–Crippen MR) is 101 cm³/mol. The molecule has 1 fully saturated rings. The molecule has 27 heavy (non-hydrogen) atoms. The molecule has 6 nitrogen and oxygen atoms in total. The van der Waals surface area contributed by atoms with Crippen LogP contribution in [0.5, 0.6) is 11.5 Å². The maximum atomic E-state index is 12.6. The zero-order chi connectivity index (χ0) is 19.4. The van der Waals surface area contributed by atoms with Crippen molar-refractivity contribution >= 4 is 11.9 Å². The number of methoxy groups -OCH3 is 2. The number of carbonyl (C=O) groups is 2. The highest BCUT2D eigenvalue weighted by molar-refractivity contribution is 5.88. The summed E-state index contributed by atoms with van der Waals surface area (Å²) in [5, 5.41) is 9.08. The van der Waals surface area contributed by atoms with E-state index in [-0.39, 0.29) is 23.8 Å². The van der Waals surface area contributed by atoms with Crippen LogP contribution in [0.3, 0.4) is 0 Å². The second kappa shape index (κ2) is 8.12. The zero-order valence-electron chi connectivity index (χ0n) is 15.5. The fraction of sp³-hybridized carbons (Fsp3) is 0.333. The lowest BCUT2D eigenvalue weighted by atomic mass is 9.98. The number of carboxylic acids is 1. The van der Waals surface area contributed by atoms with Crippen LogP contribution < -0.4 is 9.47 Å². The average molecular weight is 369 g/mol. The first-order chi connectivity index (χ1) is 13.0. The van der Waals surface area contributed by atoms with Gasteiger partial charge in [-0.3, -0.25) is 4.79 Å². The quantitative estimate of drug-likeness (QED) is 0.847. The summed E-state index contributed by atoms with van der Waals surface area (Å²) in [6, 6.07) is 12.4. The standard InChI is InChI=1S/C21H23NO5/c1-26-18-7-6-15(12-19(18)27-2)17-8-9-22(13-17)20(23)11-14-4-3-5-16(10-14)21(24)25/h3-7,10,12,17H,8-9,11,13H2,1-2H3,(H,24,25). The second-order valence-corrected chi connectivity index (χ2v) is 6.62. The van der Waals surface area contributed by atoms with Crippen molar-refractivity contribution in [3.05, 3.63) is 59.2 Å². The van der Waals surface area contributed by atoms with E-state index in [1.54, 1.807) is 32.4 Å². The summed E-state index contributed by atoms with van der Waals surface area (Å²) in [7, 11) is 3.21. The molecule has 2 aromatic carbocycles. The minimum atomic E-state index is -0.987. The highest BCUT2D eigenvalue weighted by atomic mass is 16.5. The van der Waals surface area contributed by atoms with Crippen molar-refractivity contribution in [2.24, 2.45) is 0 Å². The molecule has 2 aromatic rings. The van der Waals surface area contributed by atoms with Gasteiger partial charge in [0.2, 0.25) is 5.91 Å². The van der Waals surface area contributed by atoms with Crippen LogP contribution in [-0.4, -0.2) is 49.2 Å². The lowest BCUT2D eigenvalue weighted by Gasteiger charge is -2.18. The van der Waals surface area contributed by atoms with Gasteiger partial charge in [-0.1, -0.05) is 18.2 Å². The van der Waals surface area contributed by atoms with Crippen molar-refractivity contribution in [1.82, 2.24) is 4.90 Å². The summed E-state index contributed by atoms with van der Waals surface area (Å²) in [4.78, 5) is 25.6. The number of hydrogen-bond acceptors (Lipinski definition) is 4. The van der Waals surface area contributed by atoms with Crippen LogP contribution in [0.2, 0.25) is 0 Å². The number of likely N-dealkylation sites (tertiary alicyclic amines) is 1. The van der Waals surface area contributed by atoms with Gasteiger partial charge in [-0.25, -0.2) is 4.79 Å². The largest absolute Gasteiger partial charge is 0.493 e. The van der Waals surface area contributed by atoms with Crippen LogP contribution in [0, 0.1) is 0 Å². The lowest BCUT2D eigenvalue weighted by molar-refractivity contribution is -0.129. The van der Waals surface area contributed by atoms with E-state index in [1.807, 2.05) is 23.1 Å². The first-order valence-corrected chi connectivity index (χ1v) is 8.83. The SMILES string of the molecule is COc1ccc(C2CCN(C(=O)Cc3cccc(C(=O)O)c3)C2)cc1OC. The van der Waals surface area contributed by atoms with Crippen molar-refractivity contribution in [2.45, 2.75) is 18.8 Å². The van der Waals surface area contributed by atoms with Crippen LogP contribution in [0.4, 0.5) is 0 Å². The molecular formula is C21H23NO5. The van der Waals surface area contributed by atoms with Crippen molar-refractivity contribution < 1.29 is 24.2 Å². The zero-order valence-corrected chi connectivity index (χ0v) is 15.5. The highest BCUT2D eigenvalue weighted by Gasteiger charge is 2.28. The fourth-order valence-electron chi connectivity index (χ4n) is 3.47. The smallest absolute Gasteiger partial charge is 0.335 e. The van der Waals surface area contributed by atoms with Gasteiger partial charge in [0, 0.05) is 19.0 Å². The molecular weight excluding hydrogens is 346 g/mol. The number of nitrogens with zero attached hydrogens (tertiary/aromatic N) is 1. The van der Waals surface area contributed by atoms with E-state index in [4.69, 9.17) is 14.6 Å². The van der Waals surface area contributed by atoms with Crippen molar-refractivity contribution in [2.75, 3.05) is 27.3 Å². The maximum absolute atomic E-state index is 12.6. The van der Waals surface area contributed by atoms with Gasteiger partial charge >= 0.3 is 5.97 Å². The summed E-state index contributed by atoms with van der Waals surface area (Å²) in [6.45, 7) is 1.34. The van der Waals surface area contributed by atoms with Gasteiger partial charge in [0.15, 0.2) is 11.5 Å². The molecule has 1 aliphatic heterocycles. The van der Waals surface area contributed by atoms with Crippen LogP contribution in [0.25, 0.3) is 0 Å². The number of aromatic carboxylic acids is 1. The summed E-state index contributed by atoms with van der Waals surface area (Å²) in [5.74, 6) is 0.648. The Labute approximate surface area is 158 Å². The van der Waals surface area contributed by atoms with Crippen LogP contribution in [0.1, 0.15) is 33.8 Å². The molecule has 1 unspecified atom stereocenters. The Morgan fingerprint density at radius 3 is 2.59 bits per heavy atom. The number of benzene rings is 2. The fourth-order valence-corrected chi connectivity index (χ4v) is 3.47. The van der Waals surface area contributed by atoms with Crippen molar-refractivity contribution in [3.63, 3.8) is 0 Å². The summed E-state index contributed by atoms with van der Waals surface area (Å²) in [5.41, 5.74) is 2.04. The third-order valence-corrected chi connectivity index (χ3v) is 4.95. The van der Waals surface area contributed by atoms with E-state index in [0.29, 0.717) is 24.6 Å². The van der Waals surface area contributed by atoms with Crippen molar-refractivity contribution in [3.8, 4) is 11.5 Å². The molecule has 0 spiro atoms. The van der Waals surface area contributed by atoms with E-state index >= 15 is 0 Å². The summed E-state index contributed by atoms with van der Waals surface area (Å²) >= 11 is 0. The predicted octanol–water partition coefficient (Wildman–Crippen LogP) is 2.96. The molecule has 6 heteroatoms. The topological polar surface area (TPSA) is 76.1 Å². The Bertz CT molecular complexity index is 848. The Kier molecular flexibility index (Phi) is 5.64. The van der Waals surface area contributed by atoms with Gasteiger partial charge in [0.1, 0.15) is 0 Å². The number of rotatable bonds is 6. The Balaban J connectivity index is 1.66. The highest BCUT2D eigenvalue weighted by Crippen LogP contribution is 2.34. The normalized spacial score (nSPS) is 16.2. The number of hydrogen-bond donors (Lipinski definition) is 1. The summed E-state index contributed by atoms with van der Waals surface area (Å²) in [6.07, 6.45) is 1.09. The average Bonchev–Trinajstić information content (AvgIpc) is 3.18. The molecule has 0 aromatic heterocycles. The minimum absolute atomic E-state index is 0.0144. The van der Waals surface area contributed by atoms with Crippen LogP contribution in [0.15, 0.2) is 42.5 Å². The van der Waals surface area contributed by atoms with E-state index in [9.17, 15) is 9.59 Å². The molecule has 0 radical (unpaired) electrons. The molecule has 0 saturated carbocycles. The first-order valence-electron chi connectivity index (χ1n) is 8.83. The van der Waals surface area contributed by atoms with Crippen molar-refractivity contribution in [1.29, 1.82) is 0 Å². The number of carboxylic acid groups (broad SMARTS) is 1. The number of amides is 1. The monoisotopic (exact) mass is 369 g/mol. The molecule has 1 amide bonds.